The largest absolute Gasteiger partial charge is 0.493 e. The van der Waals surface area contributed by atoms with Gasteiger partial charge in [-0.1, -0.05) is 18.2 Å². The molecule has 0 bridgehead atoms. The van der Waals surface area contributed by atoms with Crippen LogP contribution in [0.15, 0.2) is 42.5 Å². The Morgan fingerprint density at radius 1 is 0.962 bits per heavy atom. The van der Waals surface area contributed by atoms with Crippen molar-refractivity contribution in [3.05, 3.63) is 48.0 Å². The average Bonchev–Trinajstić information content (AvgIpc) is 2.69. The van der Waals surface area contributed by atoms with E-state index in [4.69, 9.17) is 18.9 Å². The van der Waals surface area contributed by atoms with Crippen LogP contribution in [0.25, 0.3) is 0 Å². The number of hydrogen-bond acceptors (Lipinski definition) is 6. The summed E-state index contributed by atoms with van der Waals surface area (Å²) < 4.78 is 21.0. The summed E-state index contributed by atoms with van der Waals surface area (Å²) >= 11 is 0. The molecule has 7 heteroatoms. The highest BCUT2D eigenvalue weighted by atomic mass is 16.5. The Balaban J connectivity index is 1.86. The second kappa shape index (κ2) is 9.53. The summed E-state index contributed by atoms with van der Waals surface area (Å²) in [5.41, 5.74) is 0.605. The third kappa shape index (κ3) is 5.03. The summed E-state index contributed by atoms with van der Waals surface area (Å²) in [5.74, 6) is 1.75. The van der Waals surface area contributed by atoms with Crippen molar-refractivity contribution in [3.8, 4) is 23.0 Å². The molecule has 140 valence electrons. The van der Waals surface area contributed by atoms with E-state index in [0.29, 0.717) is 28.6 Å². The van der Waals surface area contributed by atoms with Gasteiger partial charge in [-0.2, -0.15) is 0 Å². The fourth-order valence-electron chi connectivity index (χ4n) is 2.32. The Morgan fingerprint density at radius 2 is 1.58 bits per heavy atom. The summed E-state index contributed by atoms with van der Waals surface area (Å²) in [6.07, 6.45) is -0.884. The minimum absolute atomic E-state index is 0.0452. The van der Waals surface area contributed by atoms with Gasteiger partial charge in [-0.15, -0.1) is 0 Å². The van der Waals surface area contributed by atoms with E-state index in [0.717, 1.165) is 0 Å². The zero-order valence-electron chi connectivity index (χ0n) is 15.0. The van der Waals surface area contributed by atoms with Gasteiger partial charge in [0.2, 0.25) is 0 Å². The number of carbonyl (C=O) groups excluding carboxylic acids is 1. The maximum Gasteiger partial charge on any atom is 0.258 e. The zero-order chi connectivity index (χ0) is 18.9. The summed E-state index contributed by atoms with van der Waals surface area (Å²) in [6, 6.07) is 12.1. The molecule has 2 N–H and O–H groups in total. The van der Waals surface area contributed by atoms with E-state index in [2.05, 4.69) is 5.32 Å². The van der Waals surface area contributed by atoms with Crippen molar-refractivity contribution in [3.63, 3.8) is 0 Å². The topological polar surface area (TPSA) is 86.3 Å². The first kappa shape index (κ1) is 19.4. The lowest BCUT2D eigenvalue weighted by molar-refractivity contribution is -0.123. The van der Waals surface area contributed by atoms with Crippen molar-refractivity contribution in [2.24, 2.45) is 0 Å². The van der Waals surface area contributed by atoms with Crippen molar-refractivity contribution in [2.45, 2.75) is 6.10 Å². The fraction of sp³-hybridized carbons (Fsp3) is 0.316. The highest BCUT2D eigenvalue weighted by Crippen LogP contribution is 2.29. The van der Waals surface area contributed by atoms with Crippen molar-refractivity contribution in [1.82, 2.24) is 5.32 Å². The second-order valence-corrected chi connectivity index (χ2v) is 5.37. The number of carbonyl (C=O) groups is 1. The monoisotopic (exact) mass is 361 g/mol. The minimum Gasteiger partial charge on any atom is -0.493 e. The molecule has 1 atom stereocenters. The summed E-state index contributed by atoms with van der Waals surface area (Å²) in [6.45, 7) is -0.136. The number of nitrogens with one attached hydrogen (secondary N) is 1. The van der Waals surface area contributed by atoms with Crippen LogP contribution in [0.3, 0.4) is 0 Å². The second-order valence-electron chi connectivity index (χ2n) is 5.37. The van der Waals surface area contributed by atoms with E-state index >= 15 is 0 Å². The summed E-state index contributed by atoms with van der Waals surface area (Å²) in [5, 5.41) is 12.9. The average molecular weight is 361 g/mol. The van der Waals surface area contributed by atoms with Gasteiger partial charge in [-0.3, -0.25) is 4.79 Å². The fourth-order valence-corrected chi connectivity index (χ4v) is 2.32. The van der Waals surface area contributed by atoms with E-state index in [-0.39, 0.29) is 19.1 Å². The number of rotatable bonds is 9. The van der Waals surface area contributed by atoms with Gasteiger partial charge in [0.1, 0.15) is 0 Å². The van der Waals surface area contributed by atoms with Gasteiger partial charge in [0.25, 0.3) is 5.91 Å². The Morgan fingerprint density at radius 3 is 2.23 bits per heavy atom. The first-order chi connectivity index (χ1) is 12.6. The van der Waals surface area contributed by atoms with Gasteiger partial charge in [-0.25, -0.2) is 0 Å². The van der Waals surface area contributed by atoms with Crippen LogP contribution in [0.1, 0.15) is 11.7 Å². The highest BCUT2D eigenvalue weighted by Gasteiger charge is 2.13. The number of ether oxygens (including phenoxy) is 4. The molecular formula is C19H23NO6. The molecule has 2 aromatic carbocycles. The third-order valence-electron chi connectivity index (χ3n) is 3.71. The molecule has 0 saturated heterocycles. The summed E-state index contributed by atoms with van der Waals surface area (Å²) in [7, 11) is 4.59. The first-order valence-electron chi connectivity index (χ1n) is 8.01. The van der Waals surface area contributed by atoms with Crippen molar-refractivity contribution in [1.29, 1.82) is 0 Å². The number of amides is 1. The number of aliphatic hydroxyl groups excluding tert-OH is 1. The Bertz CT molecular complexity index is 734. The molecule has 0 radical (unpaired) electrons. The molecule has 0 saturated carbocycles. The predicted molar refractivity (Wildman–Crippen MR) is 96.0 cm³/mol. The van der Waals surface area contributed by atoms with Crippen molar-refractivity contribution < 1.29 is 28.8 Å². The van der Waals surface area contributed by atoms with Gasteiger partial charge in [0.05, 0.1) is 27.4 Å². The van der Waals surface area contributed by atoms with E-state index in [9.17, 15) is 9.90 Å². The molecule has 0 aromatic heterocycles. The smallest absolute Gasteiger partial charge is 0.258 e. The molecule has 0 aliphatic carbocycles. The van der Waals surface area contributed by atoms with Crippen LogP contribution in [0.2, 0.25) is 0 Å². The quantitative estimate of drug-likeness (QED) is 0.710. The standard InChI is InChI=1S/C19H23NO6/c1-23-15-6-4-5-7-17(15)26-12-19(22)20-11-14(21)13-8-9-16(24-2)18(10-13)25-3/h4-10,14,21H,11-12H2,1-3H3,(H,20,22). The van der Waals surface area contributed by atoms with E-state index < -0.39 is 6.10 Å². The van der Waals surface area contributed by atoms with Crippen LogP contribution < -0.4 is 24.3 Å². The number of aliphatic hydroxyl groups is 1. The molecule has 0 aliphatic rings. The van der Waals surface area contributed by atoms with Crippen LogP contribution in [-0.2, 0) is 4.79 Å². The van der Waals surface area contributed by atoms with Crippen LogP contribution >= 0.6 is 0 Å². The molecule has 26 heavy (non-hydrogen) atoms. The first-order valence-corrected chi connectivity index (χ1v) is 8.01. The van der Waals surface area contributed by atoms with Gasteiger partial charge < -0.3 is 29.4 Å². The van der Waals surface area contributed by atoms with E-state index in [1.165, 1.54) is 21.3 Å². The maximum atomic E-state index is 11.9. The Kier molecular flexibility index (Phi) is 7.11. The third-order valence-corrected chi connectivity index (χ3v) is 3.71. The molecular weight excluding hydrogens is 338 g/mol. The van der Waals surface area contributed by atoms with Gasteiger partial charge in [-0.05, 0) is 29.8 Å². The molecule has 2 rings (SSSR count). The molecule has 1 amide bonds. The van der Waals surface area contributed by atoms with Crippen LogP contribution in [0.5, 0.6) is 23.0 Å². The number of hydrogen-bond donors (Lipinski definition) is 2. The molecule has 0 spiro atoms. The number of methoxy groups -OCH3 is 3. The highest BCUT2D eigenvalue weighted by molar-refractivity contribution is 5.77. The maximum absolute atomic E-state index is 11.9. The van der Waals surface area contributed by atoms with Crippen LogP contribution in [0, 0.1) is 0 Å². The molecule has 0 heterocycles. The van der Waals surface area contributed by atoms with E-state index in [1.54, 1.807) is 36.4 Å². The van der Waals surface area contributed by atoms with Crippen LogP contribution in [-0.4, -0.2) is 45.5 Å². The minimum atomic E-state index is -0.884. The van der Waals surface area contributed by atoms with Crippen LogP contribution in [0.4, 0.5) is 0 Å². The van der Waals surface area contributed by atoms with Gasteiger partial charge in [0.15, 0.2) is 29.6 Å². The van der Waals surface area contributed by atoms with Gasteiger partial charge >= 0.3 is 0 Å². The Labute approximate surface area is 152 Å². The number of para-hydroxylation sites is 2. The molecule has 0 aliphatic heterocycles. The molecule has 7 nitrogen and oxygen atoms in total. The van der Waals surface area contributed by atoms with Gasteiger partial charge in [0, 0.05) is 6.54 Å². The Hall–Kier alpha value is -2.93. The van der Waals surface area contributed by atoms with Crippen molar-refractivity contribution in [2.75, 3.05) is 34.5 Å². The SMILES string of the molecule is COc1ccc(C(O)CNC(=O)COc2ccccc2OC)cc1OC. The predicted octanol–water partition coefficient (Wildman–Crippen LogP) is 1.94. The lowest BCUT2D eigenvalue weighted by atomic mass is 10.1. The summed E-state index contributed by atoms with van der Waals surface area (Å²) in [4.78, 5) is 11.9. The normalized spacial score (nSPS) is 11.4. The molecule has 2 aromatic rings. The lowest BCUT2D eigenvalue weighted by Gasteiger charge is -2.15. The van der Waals surface area contributed by atoms with E-state index in [1.807, 2.05) is 6.07 Å². The zero-order valence-corrected chi connectivity index (χ0v) is 15.0. The van der Waals surface area contributed by atoms with Crippen molar-refractivity contribution >= 4 is 5.91 Å². The molecule has 0 fully saturated rings. The number of benzene rings is 2. The lowest BCUT2D eigenvalue weighted by Crippen LogP contribution is -2.32. The molecule has 1 unspecified atom stereocenters.